The number of anilines is 6. The molecule has 9 heteroatoms. The van der Waals surface area contributed by atoms with Crippen LogP contribution in [0.25, 0.3) is 0 Å². The zero-order valence-corrected chi connectivity index (χ0v) is 24.9. The molecule has 0 unspecified atom stereocenters. The fraction of sp³-hybridized carbons (Fsp3) is 0. The normalized spacial score (nSPS) is 12.9. The number of hydrogen-bond donors (Lipinski definition) is 3. The molecule has 1 aliphatic rings. The Morgan fingerprint density at radius 1 is 0.244 bits per heavy atom. The highest BCUT2D eigenvalue weighted by Crippen LogP contribution is 2.31. The first-order valence-electron chi connectivity index (χ1n) is 15.3. The number of para-hydroxylation sites is 6. The Balaban J connectivity index is 1.38. The second kappa shape index (κ2) is 13.6. The van der Waals surface area contributed by atoms with Crippen LogP contribution in [0.4, 0.5) is 34.1 Å². The second-order valence-electron chi connectivity index (χ2n) is 10.8. The van der Waals surface area contributed by atoms with Crippen LogP contribution in [0, 0.1) is 0 Å². The Morgan fingerprint density at radius 3 is 0.556 bits per heavy atom. The third kappa shape index (κ3) is 6.37. The summed E-state index contributed by atoms with van der Waals surface area (Å²) < 4.78 is 0. The van der Waals surface area contributed by atoms with E-state index in [1.807, 2.05) is 0 Å². The quantitative estimate of drug-likeness (QED) is 0.156. The number of hydrogen-bond acceptors (Lipinski definition) is 6. The third-order valence-electron chi connectivity index (χ3n) is 7.93. The van der Waals surface area contributed by atoms with Gasteiger partial charge in [0.05, 0.1) is 0 Å². The van der Waals surface area contributed by atoms with E-state index in [1.54, 1.807) is 0 Å². The second-order valence-corrected chi connectivity index (χ2v) is 10.8. The maximum Gasteiger partial charge on any atom is 0.418 e. The molecule has 0 bridgehead atoms. The summed E-state index contributed by atoms with van der Waals surface area (Å²) in [4.78, 5) is 6.97. The standard InChI is InChI=1S/C36H33B3N6/c1-7-19-31(20-8-1)43(32-21-9-2-10-22-32)37-40-38(44(33-23-11-3-12-24-33)34-25-13-4-14-26-34)42-39(41-37)45(35-27-15-5-16-28-35)36-29-17-6-18-30-36/h1-30,40-42H. The smallest absolute Gasteiger partial charge is 0.358 e. The topological polar surface area (TPSA) is 45.8 Å². The average molecular weight is 582 g/mol. The zero-order chi connectivity index (χ0) is 30.3. The van der Waals surface area contributed by atoms with Crippen molar-refractivity contribution >= 4 is 55.5 Å². The van der Waals surface area contributed by atoms with Crippen molar-refractivity contribution in [2.24, 2.45) is 0 Å². The number of benzene rings is 6. The summed E-state index contributed by atoms with van der Waals surface area (Å²) in [5.41, 5.74) is 6.44. The van der Waals surface area contributed by atoms with Crippen molar-refractivity contribution in [3.05, 3.63) is 182 Å². The van der Waals surface area contributed by atoms with E-state index in [4.69, 9.17) is 0 Å². The predicted molar refractivity (Wildman–Crippen MR) is 192 cm³/mol. The van der Waals surface area contributed by atoms with Gasteiger partial charge in [-0.1, -0.05) is 109 Å². The molecule has 3 N–H and O–H groups in total. The summed E-state index contributed by atoms with van der Waals surface area (Å²) >= 11 is 0. The van der Waals surface area contributed by atoms with Gasteiger partial charge in [-0.15, -0.1) is 0 Å². The maximum atomic E-state index is 3.94. The van der Waals surface area contributed by atoms with Crippen LogP contribution in [-0.4, -0.2) is 21.4 Å². The largest absolute Gasteiger partial charge is 0.418 e. The molecule has 6 nitrogen and oxygen atoms in total. The van der Waals surface area contributed by atoms with E-state index in [2.05, 4.69) is 212 Å². The minimum Gasteiger partial charge on any atom is -0.358 e. The van der Waals surface area contributed by atoms with Crippen LogP contribution in [0.1, 0.15) is 0 Å². The number of nitrogens with zero attached hydrogens (tertiary/aromatic N) is 3. The van der Waals surface area contributed by atoms with Gasteiger partial charge in [0.25, 0.3) is 0 Å². The van der Waals surface area contributed by atoms with Gasteiger partial charge in [-0.3, -0.25) is 0 Å². The van der Waals surface area contributed by atoms with Crippen molar-refractivity contribution in [2.75, 3.05) is 14.4 Å². The summed E-state index contributed by atoms with van der Waals surface area (Å²) in [6.45, 7) is 0. The average Bonchev–Trinajstić information content (AvgIpc) is 3.12. The third-order valence-corrected chi connectivity index (χ3v) is 7.93. The van der Waals surface area contributed by atoms with E-state index < -0.39 is 0 Å². The Bertz CT molecular complexity index is 1420. The van der Waals surface area contributed by atoms with Gasteiger partial charge in [0.1, 0.15) is 0 Å². The minimum atomic E-state index is -0.309. The van der Waals surface area contributed by atoms with E-state index in [-0.39, 0.29) is 21.4 Å². The van der Waals surface area contributed by atoms with Crippen LogP contribution in [0.2, 0.25) is 0 Å². The molecule has 1 saturated heterocycles. The number of nitrogens with one attached hydrogen (secondary N) is 3. The van der Waals surface area contributed by atoms with Gasteiger partial charge in [-0.05, 0) is 72.8 Å². The molecule has 1 fully saturated rings. The highest BCUT2D eigenvalue weighted by molar-refractivity contribution is 6.91. The van der Waals surface area contributed by atoms with Crippen molar-refractivity contribution < 1.29 is 0 Å². The van der Waals surface area contributed by atoms with Crippen molar-refractivity contribution in [3.8, 4) is 0 Å². The Kier molecular flexibility index (Phi) is 8.64. The van der Waals surface area contributed by atoms with Crippen LogP contribution in [0.15, 0.2) is 182 Å². The van der Waals surface area contributed by atoms with Crippen molar-refractivity contribution in [1.82, 2.24) is 15.4 Å². The van der Waals surface area contributed by atoms with Crippen molar-refractivity contribution in [2.45, 2.75) is 0 Å². The summed E-state index contributed by atoms with van der Waals surface area (Å²) in [6, 6.07) is 63.2. The molecule has 45 heavy (non-hydrogen) atoms. The molecular formula is C36H33B3N6. The summed E-state index contributed by atoms with van der Waals surface area (Å²) in [5, 5.41) is 11.8. The fourth-order valence-electron chi connectivity index (χ4n) is 5.91. The molecule has 1 aliphatic heterocycles. The van der Waals surface area contributed by atoms with Gasteiger partial charge in [-0.25, -0.2) is 0 Å². The summed E-state index contributed by atoms with van der Waals surface area (Å²) in [6.07, 6.45) is 0. The van der Waals surface area contributed by atoms with Gasteiger partial charge in [-0.2, -0.15) is 0 Å². The van der Waals surface area contributed by atoms with Crippen LogP contribution < -0.4 is 29.8 Å². The summed E-state index contributed by atoms with van der Waals surface area (Å²) in [5.74, 6) is 0. The van der Waals surface area contributed by atoms with Gasteiger partial charge in [0.2, 0.25) is 0 Å². The number of rotatable bonds is 9. The molecule has 0 spiro atoms. The zero-order valence-electron chi connectivity index (χ0n) is 24.9. The van der Waals surface area contributed by atoms with Gasteiger partial charge in [0.15, 0.2) is 0 Å². The van der Waals surface area contributed by atoms with E-state index in [1.165, 1.54) is 0 Å². The van der Waals surface area contributed by atoms with Crippen LogP contribution >= 0.6 is 0 Å². The molecule has 6 aromatic carbocycles. The first-order valence-corrected chi connectivity index (χ1v) is 15.3. The lowest BCUT2D eigenvalue weighted by atomic mass is 9.60. The lowest BCUT2D eigenvalue weighted by Gasteiger charge is -2.45. The van der Waals surface area contributed by atoms with Gasteiger partial charge >= 0.3 is 21.4 Å². The Hall–Kier alpha value is -5.21. The van der Waals surface area contributed by atoms with E-state index in [0.29, 0.717) is 0 Å². The lowest BCUT2D eigenvalue weighted by molar-refractivity contribution is 1.06. The first kappa shape index (κ1) is 28.6. The highest BCUT2D eigenvalue weighted by Gasteiger charge is 2.46. The fourth-order valence-corrected chi connectivity index (χ4v) is 5.91. The Labute approximate surface area is 266 Å². The predicted octanol–water partition coefficient (Wildman–Crippen LogP) is 7.24. The van der Waals surface area contributed by atoms with E-state index in [0.717, 1.165) is 34.1 Å². The SMILES string of the molecule is c1ccc(N(B2NB(N(c3ccccc3)c3ccccc3)NB(N(c3ccccc3)c3ccccc3)N2)c2ccccc2)cc1. The van der Waals surface area contributed by atoms with E-state index >= 15 is 0 Å². The molecule has 0 atom stereocenters. The van der Waals surface area contributed by atoms with Crippen molar-refractivity contribution in [1.29, 1.82) is 0 Å². The van der Waals surface area contributed by atoms with Gasteiger partial charge in [0, 0.05) is 34.1 Å². The minimum absolute atomic E-state index is 0.309. The molecule has 0 aromatic heterocycles. The van der Waals surface area contributed by atoms with E-state index in [9.17, 15) is 0 Å². The first-order chi connectivity index (χ1) is 22.3. The molecule has 0 radical (unpaired) electrons. The molecule has 0 amide bonds. The highest BCUT2D eigenvalue weighted by atomic mass is 15.4. The van der Waals surface area contributed by atoms with Crippen LogP contribution in [0.5, 0.6) is 0 Å². The molecule has 0 saturated carbocycles. The Morgan fingerprint density at radius 2 is 0.400 bits per heavy atom. The molecule has 1 heterocycles. The summed E-state index contributed by atoms with van der Waals surface area (Å²) in [7, 11) is -0.928. The molecular weight excluding hydrogens is 549 g/mol. The monoisotopic (exact) mass is 582 g/mol. The molecule has 0 aliphatic carbocycles. The molecule has 7 rings (SSSR count). The maximum absolute atomic E-state index is 3.94. The van der Waals surface area contributed by atoms with Crippen molar-refractivity contribution in [3.63, 3.8) is 0 Å². The lowest BCUT2D eigenvalue weighted by Crippen LogP contribution is -2.84. The van der Waals surface area contributed by atoms with Crippen LogP contribution in [-0.2, 0) is 0 Å². The van der Waals surface area contributed by atoms with Gasteiger partial charge < -0.3 is 29.8 Å². The molecule has 216 valence electrons. The van der Waals surface area contributed by atoms with Crippen LogP contribution in [0.3, 0.4) is 0 Å². The molecule has 6 aromatic rings.